The number of benzene rings is 2. The van der Waals surface area contributed by atoms with Crippen LogP contribution < -0.4 is 4.74 Å². The Morgan fingerprint density at radius 2 is 1.73 bits per heavy atom. The van der Waals surface area contributed by atoms with Crippen molar-refractivity contribution in [1.82, 2.24) is 9.80 Å². The highest BCUT2D eigenvalue weighted by molar-refractivity contribution is 6.46. The van der Waals surface area contributed by atoms with E-state index >= 15 is 0 Å². The van der Waals surface area contributed by atoms with Gasteiger partial charge in [0, 0.05) is 31.7 Å². The van der Waals surface area contributed by atoms with Gasteiger partial charge >= 0.3 is 0 Å². The van der Waals surface area contributed by atoms with Crippen molar-refractivity contribution in [2.75, 3.05) is 46.5 Å². The third-order valence-corrected chi connectivity index (χ3v) is 7.28. The number of hydrogen-bond donors (Lipinski definition) is 1. The van der Waals surface area contributed by atoms with Crippen molar-refractivity contribution in [3.8, 4) is 5.75 Å². The van der Waals surface area contributed by atoms with Gasteiger partial charge in [-0.1, -0.05) is 45.0 Å². The van der Waals surface area contributed by atoms with E-state index in [1.54, 1.807) is 30.2 Å². The Morgan fingerprint density at radius 1 is 1.05 bits per heavy atom. The molecule has 2 fully saturated rings. The summed E-state index contributed by atoms with van der Waals surface area (Å²) in [6, 6.07) is 12.6. The molecule has 2 saturated heterocycles. The van der Waals surface area contributed by atoms with Crippen molar-refractivity contribution < 1.29 is 24.2 Å². The second-order valence-corrected chi connectivity index (χ2v) is 10.9. The Hall–Kier alpha value is -3.16. The first-order valence-corrected chi connectivity index (χ1v) is 13.0. The summed E-state index contributed by atoms with van der Waals surface area (Å²) in [4.78, 5) is 30.6. The van der Waals surface area contributed by atoms with Crippen molar-refractivity contribution >= 4 is 17.4 Å². The van der Waals surface area contributed by atoms with Crippen LogP contribution in [0.25, 0.3) is 5.76 Å². The summed E-state index contributed by atoms with van der Waals surface area (Å²) in [5, 5.41) is 11.4. The van der Waals surface area contributed by atoms with E-state index in [2.05, 4.69) is 25.7 Å². The van der Waals surface area contributed by atoms with Crippen LogP contribution in [-0.2, 0) is 19.7 Å². The minimum absolute atomic E-state index is 0.0287. The Bertz CT molecular complexity index is 1170. The summed E-state index contributed by atoms with van der Waals surface area (Å²) in [6.07, 6.45) is 0.727. The molecule has 2 aliphatic heterocycles. The number of hydrogen-bond acceptors (Lipinski definition) is 6. The van der Waals surface area contributed by atoms with Crippen molar-refractivity contribution in [3.63, 3.8) is 0 Å². The number of carbonyl (C=O) groups is 2. The first kappa shape index (κ1) is 26.9. The number of likely N-dealkylation sites (tertiary alicyclic amines) is 1. The Kier molecular flexibility index (Phi) is 8.05. The summed E-state index contributed by atoms with van der Waals surface area (Å²) in [5.74, 6) is -0.694. The van der Waals surface area contributed by atoms with E-state index < -0.39 is 17.7 Å². The third-order valence-electron chi connectivity index (χ3n) is 7.28. The molecule has 37 heavy (non-hydrogen) atoms. The fraction of sp³-hybridized carbons (Fsp3) is 0.467. The van der Waals surface area contributed by atoms with Crippen LogP contribution in [0.1, 0.15) is 55.5 Å². The van der Waals surface area contributed by atoms with Crippen molar-refractivity contribution in [3.05, 3.63) is 70.3 Å². The van der Waals surface area contributed by atoms with Crippen LogP contribution in [0.15, 0.2) is 48.0 Å². The predicted octanol–water partition coefficient (Wildman–Crippen LogP) is 4.45. The molecular formula is C30H38N2O5. The van der Waals surface area contributed by atoms with E-state index in [-0.39, 0.29) is 16.7 Å². The molecule has 0 bridgehead atoms. The summed E-state index contributed by atoms with van der Waals surface area (Å²) < 4.78 is 10.8. The molecule has 7 heteroatoms. The summed E-state index contributed by atoms with van der Waals surface area (Å²) >= 11 is 0. The fourth-order valence-corrected chi connectivity index (χ4v) is 5.09. The molecule has 1 unspecified atom stereocenters. The maximum atomic E-state index is 13.4. The molecule has 0 saturated carbocycles. The van der Waals surface area contributed by atoms with Gasteiger partial charge in [0.1, 0.15) is 11.5 Å². The number of aliphatic hydroxyl groups is 1. The van der Waals surface area contributed by atoms with Gasteiger partial charge in [-0.3, -0.25) is 14.5 Å². The van der Waals surface area contributed by atoms with Gasteiger partial charge in [-0.2, -0.15) is 0 Å². The van der Waals surface area contributed by atoms with Gasteiger partial charge in [0.05, 0.1) is 31.9 Å². The lowest BCUT2D eigenvalue weighted by molar-refractivity contribution is -0.140. The molecule has 0 aliphatic carbocycles. The molecule has 4 rings (SSSR count). The van der Waals surface area contributed by atoms with Crippen LogP contribution in [0.5, 0.6) is 5.75 Å². The number of ketones is 1. The van der Waals surface area contributed by atoms with Gasteiger partial charge < -0.3 is 19.5 Å². The standard InChI is InChI=1S/C30H38N2O5/c1-20-19-22(9-12-24(20)36-5)27(33)25-26(21-7-10-23(11-8-21)30(2,3)4)32(29(35)28(25)34)14-6-13-31-15-17-37-18-16-31/h7-12,19,26,33H,6,13-18H2,1-5H3/b27-25+. The molecule has 2 aromatic rings. The molecule has 0 aromatic heterocycles. The van der Waals surface area contributed by atoms with Crippen molar-refractivity contribution in [2.24, 2.45) is 0 Å². The Balaban J connectivity index is 1.71. The van der Waals surface area contributed by atoms with Crippen LogP contribution in [0.4, 0.5) is 0 Å². The molecule has 1 N–H and O–H groups in total. The lowest BCUT2D eigenvalue weighted by Crippen LogP contribution is -2.39. The summed E-state index contributed by atoms with van der Waals surface area (Å²) in [6.45, 7) is 12.7. The Labute approximate surface area is 219 Å². The number of carbonyl (C=O) groups excluding carboxylic acids is 2. The zero-order chi connectivity index (χ0) is 26.7. The smallest absolute Gasteiger partial charge is 0.295 e. The molecule has 1 amide bonds. The first-order valence-electron chi connectivity index (χ1n) is 13.0. The fourth-order valence-electron chi connectivity index (χ4n) is 5.09. The van der Waals surface area contributed by atoms with E-state index in [1.165, 1.54) is 0 Å². The average molecular weight is 507 g/mol. The number of ether oxygens (including phenoxy) is 2. The molecular weight excluding hydrogens is 468 g/mol. The number of morpholine rings is 1. The normalized spacial score (nSPS) is 20.5. The van der Waals surface area contributed by atoms with Crippen LogP contribution in [-0.4, -0.2) is 73.1 Å². The SMILES string of the molecule is COc1ccc(/C(O)=C2\C(=O)C(=O)N(CCCN3CCOCC3)C2c2ccc(C(C)(C)C)cc2)cc1C. The number of aryl methyl sites for hydroxylation is 1. The van der Waals surface area contributed by atoms with Crippen LogP contribution >= 0.6 is 0 Å². The number of aliphatic hydroxyl groups excluding tert-OH is 1. The van der Waals surface area contributed by atoms with Gasteiger partial charge in [0.25, 0.3) is 11.7 Å². The van der Waals surface area contributed by atoms with Gasteiger partial charge in [0.15, 0.2) is 0 Å². The van der Waals surface area contributed by atoms with Crippen LogP contribution in [0.2, 0.25) is 0 Å². The average Bonchev–Trinajstić information content (AvgIpc) is 3.13. The van der Waals surface area contributed by atoms with Gasteiger partial charge in [0.2, 0.25) is 0 Å². The van der Waals surface area contributed by atoms with Gasteiger partial charge in [-0.25, -0.2) is 0 Å². The van der Waals surface area contributed by atoms with Gasteiger partial charge in [-0.15, -0.1) is 0 Å². The number of nitrogens with zero attached hydrogens (tertiary/aromatic N) is 2. The maximum Gasteiger partial charge on any atom is 0.295 e. The molecule has 0 radical (unpaired) electrons. The maximum absolute atomic E-state index is 13.4. The van der Waals surface area contributed by atoms with Crippen molar-refractivity contribution in [1.29, 1.82) is 0 Å². The Morgan fingerprint density at radius 3 is 2.32 bits per heavy atom. The first-order chi connectivity index (χ1) is 17.6. The van der Waals surface area contributed by atoms with E-state index in [4.69, 9.17) is 9.47 Å². The zero-order valence-electron chi connectivity index (χ0n) is 22.5. The second kappa shape index (κ2) is 11.1. The number of amides is 1. The highest BCUT2D eigenvalue weighted by Gasteiger charge is 2.46. The highest BCUT2D eigenvalue weighted by atomic mass is 16.5. The lowest BCUT2D eigenvalue weighted by Gasteiger charge is -2.29. The van der Waals surface area contributed by atoms with Gasteiger partial charge in [-0.05, 0) is 53.6 Å². The molecule has 0 spiro atoms. The zero-order valence-corrected chi connectivity index (χ0v) is 22.5. The van der Waals surface area contributed by atoms with Crippen LogP contribution in [0.3, 0.4) is 0 Å². The lowest BCUT2D eigenvalue weighted by atomic mass is 9.85. The van der Waals surface area contributed by atoms with Crippen LogP contribution in [0, 0.1) is 6.92 Å². The molecule has 7 nitrogen and oxygen atoms in total. The number of Topliss-reactive ketones (excluding diaryl/α,β-unsaturated/α-hetero) is 1. The topological polar surface area (TPSA) is 79.3 Å². The summed E-state index contributed by atoms with van der Waals surface area (Å²) in [7, 11) is 1.59. The third kappa shape index (κ3) is 5.73. The predicted molar refractivity (Wildman–Crippen MR) is 144 cm³/mol. The quantitative estimate of drug-likeness (QED) is 0.340. The minimum atomic E-state index is -0.652. The molecule has 2 aliphatic rings. The van der Waals surface area contributed by atoms with E-state index in [0.29, 0.717) is 31.1 Å². The number of methoxy groups -OCH3 is 1. The summed E-state index contributed by atoms with van der Waals surface area (Å²) in [5.41, 5.74) is 3.39. The molecule has 1 atom stereocenters. The second-order valence-electron chi connectivity index (χ2n) is 10.9. The van der Waals surface area contributed by atoms with E-state index in [1.807, 2.05) is 31.2 Å². The minimum Gasteiger partial charge on any atom is -0.507 e. The van der Waals surface area contributed by atoms with E-state index in [9.17, 15) is 14.7 Å². The largest absolute Gasteiger partial charge is 0.507 e. The molecule has 198 valence electrons. The van der Waals surface area contributed by atoms with E-state index in [0.717, 1.165) is 42.7 Å². The monoisotopic (exact) mass is 506 g/mol. The highest BCUT2D eigenvalue weighted by Crippen LogP contribution is 2.40. The van der Waals surface area contributed by atoms with Crippen molar-refractivity contribution in [2.45, 2.75) is 45.6 Å². The molecule has 2 aromatic carbocycles. The number of rotatable bonds is 7. The molecule has 2 heterocycles.